The van der Waals surface area contributed by atoms with Crippen molar-refractivity contribution in [1.29, 1.82) is 0 Å². The van der Waals surface area contributed by atoms with E-state index in [-0.39, 0.29) is 11.9 Å². The molecule has 18 heavy (non-hydrogen) atoms. The minimum absolute atomic E-state index is 0.0983. The molecule has 0 radical (unpaired) electrons. The van der Waals surface area contributed by atoms with E-state index < -0.39 is 0 Å². The van der Waals surface area contributed by atoms with Crippen LogP contribution < -0.4 is 11.1 Å². The van der Waals surface area contributed by atoms with Crippen molar-refractivity contribution in [2.45, 2.75) is 19.9 Å². The highest BCUT2D eigenvalue weighted by atomic mass is 19.1. The Bertz CT molecular complexity index is 322. The van der Waals surface area contributed by atoms with Crippen LogP contribution in [0.3, 0.4) is 0 Å². The second kappa shape index (κ2) is 8.19. The van der Waals surface area contributed by atoms with Crippen LogP contribution in [0.2, 0.25) is 0 Å². The van der Waals surface area contributed by atoms with Gasteiger partial charge in [0.05, 0.1) is 0 Å². The average molecular weight is 253 g/mol. The molecule has 0 aliphatic rings. The summed E-state index contributed by atoms with van der Waals surface area (Å²) < 4.78 is 12.8. The van der Waals surface area contributed by atoms with E-state index in [0.717, 1.165) is 31.7 Å². The van der Waals surface area contributed by atoms with E-state index in [0.29, 0.717) is 6.54 Å². The first-order valence-corrected chi connectivity index (χ1v) is 6.62. The fourth-order valence-corrected chi connectivity index (χ4v) is 1.97. The van der Waals surface area contributed by atoms with Crippen molar-refractivity contribution in [3.05, 3.63) is 35.6 Å². The fourth-order valence-electron chi connectivity index (χ4n) is 1.97. The molecule has 1 aromatic rings. The Kier molecular flexibility index (Phi) is 6.86. The summed E-state index contributed by atoms with van der Waals surface area (Å²) >= 11 is 0. The Balaban J connectivity index is 2.44. The molecule has 0 spiro atoms. The van der Waals surface area contributed by atoms with Gasteiger partial charge < -0.3 is 16.0 Å². The number of nitrogens with zero attached hydrogens (tertiary/aromatic N) is 1. The summed E-state index contributed by atoms with van der Waals surface area (Å²) in [7, 11) is 0. The Morgan fingerprint density at radius 1 is 1.22 bits per heavy atom. The molecule has 0 aromatic heterocycles. The molecule has 3 N–H and O–H groups in total. The first-order valence-electron chi connectivity index (χ1n) is 6.62. The Morgan fingerprint density at radius 2 is 1.83 bits per heavy atom. The third-order valence-corrected chi connectivity index (χ3v) is 3.22. The summed E-state index contributed by atoms with van der Waals surface area (Å²) in [5.74, 6) is -0.210. The highest BCUT2D eigenvalue weighted by Crippen LogP contribution is 2.12. The summed E-state index contributed by atoms with van der Waals surface area (Å²) in [5.41, 5.74) is 6.80. The van der Waals surface area contributed by atoms with Gasteiger partial charge in [0.15, 0.2) is 0 Å². The van der Waals surface area contributed by atoms with Gasteiger partial charge in [-0.2, -0.15) is 0 Å². The Hall–Kier alpha value is -0.970. The van der Waals surface area contributed by atoms with Gasteiger partial charge in [-0.25, -0.2) is 4.39 Å². The smallest absolute Gasteiger partial charge is 0.123 e. The lowest BCUT2D eigenvalue weighted by Crippen LogP contribution is -2.36. The third-order valence-electron chi connectivity index (χ3n) is 3.22. The standard InChI is InChI=1S/C14H24FN3/c1-3-18(4-2)10-9-17-14(11-16)12-5-7-13(15)8-6-12/h5-8,14,17H,3-4,9-11,16H2,1-2H3. The largest absolute Gasteiger partial charge is 0.329 e. The van der Waals surface area contributed by atoms with Crippen LogP contribution in [0.25, 0.3) is 0 Å². The zero-order chi connectivity index (χ0) is 13.4. The minimum Gasteiger partial charge on any atom is -0.329 e. The monoisotopic (exact) mass is 253 g/mol. The number of hydrogen-bond donors (Lipinski definition) is 2. The first kappa shape index (κ1) is 15.1. The molecule has 1 atom stereocenters. The maximum absolute atomic E-state index is 12.8. The van der Waals surface area contributed by atoms with Crippen LogP contribution in [0.15, 0.2) is 24.3 Å². The number of benzene rings is 1. The number of nitrogens with one attached hydrogen (secondary N) is 1. The van der Waals surface area contributed by atoms with Crippen LogP contribution in [0, 0.1) is 5.82 Å². The van der Waals surface area contributed by atoms with Gasteiger partial charge in [0, 0.05) is 25.7 Å². The first-order chi connectivity index (χ1) is 8.71. The van der Waals surface area contributed by atoms with E-state index in [1.807, 2.05) is 0 Å². The second-order valence-corrected chi connectivity index (χ2v) is 4.32. The van der Waals surface area contributed by atoms with Crippen molar-refractivity contribution < 1.29 is 4.39 Å². The van der Waals surface area contributed by atoms with Gasteiger partial charge in [-0.1, -0.05) is 26.0 Å². The maximum atomic E-state index is 12.8. The van der Waals surface area contributed by atoms with Crippen molar-refractivity contribution in [2.75, 3.05) is 32.7 Å². The molecule has 0 fully saturated rings. The number of hydrogen-bond acceptors (Lipinski definition) is 3. The quantitative estimate of drug-likeness (QED) is 0.742. The maximum Gasteiger partial charge on any atom is 0.123 e. The molecule has 0 amide bonds. The molecule has 4 heteroatoms. The highest BCUT2D eigenvalue weighted by Gasteiger charge is 2.09. The summed E-state index contributed by atoms with van der Waals surface area (Å²) in [6.07, 6.45) is 0. The molecule has 1 aromatic carbocycles. The fraction of sp³-hybridized carbons (Fsp3) is 0.571. The SMILES string of the molecule is CCN(CC)CCNC(CN)c1ccc(F)cc1. The van der Waals surface area contributed by atoms with E-state index >= 15 is 0 Å². The predicted molar refractivity (Wildman–Crippen MR) is 74.0 cm³/mol. The molecular formula is C14H24FN3. The summed E-state index contributed by atoms with van der Waals surface area (Å²) in [6, 6.07) is 6.63. The van der Waals surface area contributed by atoms with E-state index in [9.17, 15) is 4.39 Å². The zero-order valence-electron chi connectivity index (χ0n) is 11.3. The lowest BCUT2D eigenvalue weighted by molar-refractivity contribution is 0.297. The highest BCUT2D eigenvalue weighted by molar-refractivity contribution is 5.20. The zero-order valence-corrected chi connectivity index (χ0v) is 11.3. The lowest BCUT2D eigenvalue weighted by Gasteiger charge is -2.22. The van der Waals surface area contributed by atoms with E-state index in [4.69, 9.17) is 5.73 Å². The van der Waals surface area contributed by atoms with Gasteiger partial charge in [0.25, 0.3) is 0 Å². The molecule has 1 rings (SSSR count). The van der Waals surface area contributed by atoms with Crippen LogP contribution in [0.4, 0.5) is 4.39 Å². The van der Waals surface area contributed by atoms with Crippen molar-refractivity contribution in [2.24, 2.45) is 5.73 Å². The molecule has 0 saturated carbocycles. The molecule has 0 saturated heterocycles. The average Bonchev–Trinajstić information content (AvgIpc) is 2.41. The number of rotatable bonds is 8. The van der Waals surface area contributed by atoms with Crippen LogP contribution >= 0.6 is 0 Å². The van der Waals surface area contributed by atoms with E-state index in [2.05, 4.69) is 24.1 Å². The molecule has 0 aliphatic heterocycles. The number of nitrogens with two attached hydrogens (primary N) is 1. The van der Waals surface area contributed by atoms with Crippen molar-refractivity contribution in [3.63, 3.8) is 0 Å². The predicted octanol–water partition coefficient (Wildman–Crippen LogP) is 1.76. The molecule has 0 aliphatic carbocycles. The van der Waals surface area contributed by atoms with Crippen LogP contribution in [0.1, 0.15) is 25.5 Å². The molecule has 102 valence electrons. The topological polar surface area (TPSA) is 41.3 Å². The molecule has 0 bridgehead atoms. The van der Waals surface area contributed by atoms with Crippen LogP contribution in [0.5, 0.6) is 0 Å². The van der Waals surface area contributed by atoms with Crippen molar-refractivity contribution in [3.8, 4) is 0 Å². The van der Waals surface area contributed by atoms with Crippen LogP contribution in [-0.2, 0) is 0 Å². The van der Waals surface area contributed by atoms with Gasteiger partial charge in [-0.05, 0) is 30.8 Å². The van der Waals surface area contributed by atoms with Crippen molar-refractivity contribution >= 4 is 0 Å². The van der Waals surface area contributed by atoms with Gasteiger partial charge in [-0.15, -0.1) is 0 Å². The molecule has 3 nitrogen and oxygen atoms in total. The normalized spacial score (nSPS) is 12.9. The van der Waals surface area contributed by atoms with Gasteiger partial charge >= 0.3 is 0 Å². The Labute approximate surface area is 109 Å². The summed E-state index contributed by atoms with van der Waals surface area (Å²) in [5, 5.41) is 3.42. The summed E-state index contributed by atoms with van der Waals surface area (Å²) in [4.78, 5) is 2.35. The van der Waals surface area contributed by atoms with Crippen molar-refractivity contribution in [1.82, 2.24) is 10.2 Å². The second-order valence-electron chi connectivity index (χ2n) is 4.32. The molecule has 0 heterocycles. The summed E-state index contributed by atoms with van der Waals surface area (Å²) in [6.45, 7) is 8.84. The van der Waals surface area contributed by atoms with Gasteiger partial charge in [-0.3, -0.25) is 0 Å². The molecular weight excluding hydrogens is 229 g/mol. The lowest BCUT2D eigenvalue weighted by atomic mass is 10.1. The van der Waals surface area contributed by atoms with E-state index in [1.165, 1.54) is 12.1 Å². The van der Waals surface area contributed by atoms with E-state index in [1.54, 1.807) is 12.1 Å². The van der Waals surface area contributed by atoms with Gasteiger partial charge in [0.1, 0.15) is 5.82 Å². The minimum atomic E-state index is -0.210. The number of halogens is 1. The van der Waals surface area contributed by atoms with Gasteiger partial charge in [0.2, 0.25) is 0 Å². The molecule has 1 unspecified atom stereocenters. The van der Waals surface area contributed by atoms with Crippen LogP contribution in [-0.4, -0.2) is 37.6 Å². The Morgan fingerprint density at radius 3 is 2.33 bits per heavy atom. The number of likely N-dealkylation sites (N-methyl/N-ethyl adjacent to an activating group) is 1. The third kappa shape index (κ3) is 4.72.